The highest BCUT2D eigenvalue weighted by Gasteiger charge is 2.32. The van der Waals surface area contributed by atoms with Gasteiger partial charge in [0.15, 0.2) is 0 Å². The highest BCUT2D eigenvalue weighted by atomic mass is 32.2. The van der Waals surface area contributed by atoms with Gasteiger partial charge in [-0.05, 0) is 31.0 Å². The van der Waals surface area contributed by atoms with E-state index in [1.54, 1.807) is 0 Å². The van der Waals surface area contributed by atoms with Crippen molar-refractivity contribution >= 4 is 27.6 Å². The molecule has 1 amide bonds. The zero-order chi connectivity index (χ0) is 18.6. The van der Waals surface area contributed by atoms with Crippen LogP contribution < -0.4 is 10.1 Å². The van der Waals surface area contributed by atoms with Crippen molar-refractivity contribution < 1.29 is 27.5 Å². The van der Waals surface area contributed by atoms with E-state index in [-0.39, 0.29) is 35.8 Å². The number of hydrogen-bond donors (Lipinski definition) is 1. The Morgan fingerprint density at radius 3 is 2.36 bits per heavy atom. The van der Waals surface area contributed by atoms with Gasteiger partial charge >= 0.3 is 5.97 Å². The lowest BCUT2D eigenvalue weighted by atomic mass is 9.99. The second-order valence-electron chi connectivity index (χ2n) is 5.74. The van der Waals surface area contributed by atoms with E-state index in [0.717, 1.165) is 0 Å². The van der Waals surface area contributed by atoms with Crippen molar-refractivity contribution in [3.63, 3.8) is 0 Å². The van der Waals surface area contributed by atoms with Gasteiger partial charge in [-0.25, -0.2) is 8.42 Å². The minimum atomic E-state index is -3.73. The highest BCUT2D eigenvalue weighted by Crippen LogP contribution is 2.30. The normalized spacial score (nSPS) is 16.3. The fraction of sp³-hybridized carbons (Fsp3) is 0.500. The lowest BCUT2D eigenvalue weighted by molar-refractivity contribution is -0.146. The van der Waals surface area contributed by atoms with Gasteiger partial charge in [-0.2, -0.15) is 4.31 Å². The Morgan fingerprint density at radius 2 is 1.84 bits per heavy atom. The molecule has 1 aromatic rings. The van der Waals surface area contributed by atoms with Crippen molar-refractivity contribution in [3.8, 4) is 5.75 Å². The van der Waals surface area contributed by atoms with Gasteiger partial charge in [0.1, 0.15) is 5.75 Å². The molecule has 0 saturated carbocycles. The number of benzene rings is 1. The molecule has 25 heavy (non-hydrogen) atoms. The van der Waals surface area contributed by atoms with Crippen molar-refractivity contribution in [1.82, 2.24) is 4.31 Å². The first-order chi connectivity index (χ1) is 11.8. The lowest BCUT2D eigenvalue weighted by Gasteiger charge is -2.30. The van der Waals surface area contributed by atoms with Crippen molar-refractivity contribution in [2.45, 2.75) is 24.7 Å². The van der Waals surface area contributed by atoms with Gasteiger partial charge in [-0.1, -0.05) is 0 Å². The predicted molar refractivity (Wildman–Crippen MR) is 90.8 cm³/mol. The van der Waals surface area contributed by atoms with Crippen molar-refractivity contribution in [2.75, 3.05) is 32.6 Å². The maximum absolute atomic E-state index is 12.8. The minimum Gasteiger partial charge on any atom is -0.495 e. The molecule has 0 aromatic heterocycles. The zero-order valence-corrected chi connectivity index (χ0v) is 15.3. The monoisotopic (exact) mass is 370 g/mol. The van der Waals surface area contributed by atoms with Crippen LogP contribution in [0.2, 0.25) is 0 Å². The molecular weight excluding hydrogens is 348 g/mol. The summed E-state index contributed by atoms with van der Waals surface area (Å²) >= 11 is 0. The summed E-state index contributed by atoms with van der Waals surface area (Å²) in [4.78, 5) is 22.9. The molecule has 1 aromatic carbocycles. The van der Waals surface area contributed by atoms with E-state index < -0.39 is 10.0 Å². The van der Waals surface area contributed by atoms with Crippen LogP contribution in [0, 0.1) is 5.92 Å². The van der Waals surface area contributed by atoms with Crippen LogP contribution in [0.15, 0.2) is 23.1 Å². The summed E-state index contributed by atoms with van der Waals surface area (Å²) in [5, 5.41) is 2.56. The number of nitrogens with one attached hydrogen (secondary N) is 1. The molecule has 1 heterocycles. The summed E-state index contributed by atoms with van der Waals surface area (Å²) in [5.74, 6) is -0.540. The van der Waals surface area contributed by atoms with Gasteiger partial charge in [0, 0.05) is 20.0 Å². The molecule has 1 aliphatic rings. The summed E-state index contributed by atoms with van der Waals surface area (Å²) in [6, 6.07) is 4.31. The van der Waals surface area contributed by atoms with E-state index in [2.05, 4.69) is 5.32 Å². The third-order valence-electron chi connectivity index (χ3n) is 4.11. The van der Waals surface area contributed by atoms with Crippen LogP contribution >= 0.6 is 0 Å². The van der Waals surface area contributed by atoms with E-state index >= 15 is 0 Å². The molecule has 1 fully saturated rings. The molecule has 1 N–H and O–H groups in total. The number of rotatable bonds is 5. The molecule has 0 bridgehead atoms. The van der Waals surface area contributed by atoms with Gasteiger partial charge in [0.25, 0.3) is 0 Å². The predicted octanol–water partition coefficient (Wildman–Crippen LogP) is 1.23. The zero-order valence-electron chi connectivity index (χ0n) is 14.4. The first-order valence-electron chi connectivity index (χ1n) is 7.83. The average molecular weight is 370 g/mol. The van der Waals surface area contributed by atoms with E-state index in [4.69, 9.17) is 9.47 Å². The van der Waals surface area contributed by atoms with Crippen LogP contribution in [-0.4, -0.2) is 51.9 Å². The molecule has 0 radical (unpaired) electrons. The van der Waals surface area contributed by atoms with Gasteiger partial charge < -0.3 is 14.8 Å². The Labute approximate surface area is 147 Å². The van der Waals surface area contributed by atoms with Gasteiger partial charge in [0.05, 0.1) is 30.7 Å². The number of ether oxygens (including phenoxy) is 2. The van der Waals surface area contributed by atoms with Crippen LogP contribution in [0.5, 0.6) is 5.75 Å². The number of carbonyl (C=O) groups is 2. The third-order valence-corrected chi connectivity index (χ3v) is 6.00. The Kier molecular flexibility index (Phi) is 6.02. The van der Waals surface area contributed by atoms with Crippen molar-refractivity contribution in [3.05, 3.63) is 18.2 Å². The molecule has 9 heteroatoms. The SMILES string of the molecule is COC(=O)C1CCN(S(=O)(=O)c2ccc(OC)c(NC(C)=O)c2)CC1. The second kappa shape index (κ2) is 7.83. The number of anilines is 1. The Morgan fingerprint density at radius 1 is 1.20 bits per heavy atom. The number of piperidine rings is 1. The number of nitrogens with zero attached hydrogens (tertiary/aromatic N) is 1. The molecular formula is C16H22N2O6S. The molecule has 0 aliphatic carbocycles. The number of methoxy groups -OCH3 is 2. The largest absolute Gasteiger partial charge is 0.495 e. The van der Waals surface area contributed by atoms with Crippen LogP contribution in [-0.2, 0) is 24.3 Å². The minimum absolute atomic E-state index is 0.0635. The Balaban J connectivity index is 2.22. The number of esters is 1. The molecule has 1 aliphatic heterocycles. The maximum Gasteiger partial charge on any atom is 0.308 e. The Hall–Kier alpha value is -2.13. The van der Waals surface area contributed by atoms with Crippen LogP contribution in [0.1, 0.15) is 19.8 Å². The summed E-state index contributed by atoms with van der Waals surface area (Å²) in [6.45, 7) is 1.81. The van der Waals surface area contributed by atoms with E-state index in [1.165, 1.54) is 43.6 Å². The van der Waals surface area contributed by atoms with Crippen LogP contribution in [0.3, 0.4) is 0 Å². The smallest absolute Gasteiger partial charge is 0.308 e. The summed E-state index contributed by atoms with van der Waals surface area (Å²) in [7, 11) is -0.964. The van der Waals surface area contributed by atoms with E-state index in [1.807, 2.05) is 0 Å². The Bertz CT molecular complexity index is 754. The highest BCUT2D eigenvalue weighted by molar-refractivity contribution is 7.89. The summed E-state index contributed by atoms with van der Waals surface area (Å²) in [5.41, 5.74) is 0.292. The number of carbonyl (C=O) groups excluding carboxylic acids is 2. The molecule has 0 atom stereocenters. The number of amides is 1. The number of sulfonamides is 1. The van der Waals surface area contributed by atoms with Gasteiger partial charge in [-0.15, -0.1) is 0 Å². The molecule has 2 rings (SSSR count). The number of hydrogen-bond acceptors (Lipinski definition) is 6. The molecule has 0 unspecified atom stereocenters. The van der Waals surface area contributed by atoms with E-state index in [9.17, 15) is 18.0 Å². The summed E-state index contributed by atoms with van der Waals surface area (Å²) < 4.78 is 36.8. The van der Waals surface area contributed by atoms with Gasteiger partial charge in [-0.3, -0.25) is 9.59 Å². The standard InChI is InChI=1S/C16H22N2O6S/c1-11(19)17-14-10-13(4-5-15(14)23-2)25(21,22)18-8-6-12(7-9-18)16(20)24-3/h4-5,10,12H,6-9H2,1-3H3,(H,17,19). The second-order valence-corrected chi connectivity index (χ2v) is 7.68. The third kappa shape index (κ3) is 4.29. The quantitative estimate of drug-likeness (QED) is 0.782. The topological polar surface area (TPSA) is 102 Å². The average Bonchev–Trinajstić information content (AvgIpc) is 2.60. The first kappa shape index (κ1) is 19.2. The maximum atomic E-state index is 12.8. The van der Waals surface area contributed by atoms with Crippen molar-refractivity contribution in [1.29, 1.82) is 0 Å². The lowest BCUT2D eigenvalue weighted by Crippen LogP contribution is -2.40. The summed E-state index contributed by atoms with van der Waals surface area (Å²) in [6.07, 6.45) is 0.835. The van der Waals surface area contributed by atoms with Crippen molar-refractivity contribution in [2.24, 2.45) is 5.92 Å². The molecule has 8 nitrogen and oxygen atoms in total. The molecule has 0 spiro atoms. The fourth-order valence-corrected chi connectivity index (χ4v) is 4.28. The molecule has 138 valence electrons. The van der Waals surface area contributed by atoms with Crippen LogP contribution in [0.4, 0.5) is 5.69 Å². The van der Waals surface area contributed by atoms with E-state index in [0.29, 0.717) is 24.3 Å². The fourth-order valence-electron chi connectivity index (χ4n) is 2.78. The first-order valence-corrected chi connectivity index (χ1v) is 9.27. The molecule has 1 saturated heterocycles. The van der Waals surface area contributed by atoms with Gasteiger partial charge in [0.2, 0.25) is 15.9 Å². The van der Waals surface area contributed by atoms with Crippen LogP contribution in [0.25, 0.3) is 0 Å².